The highest BCUT2D eigenvalue weighted by Gasteiger charge is 2.46. The van der Waals surface area contributed by atoms with Gasteiger partial charge in [-0.05, 0) is 210 Å². The van der Waals surface area contributed by atoms with Crippen molar-refractivity contribution < 1.29 is 0 Å². The van der Waals surface area contributed by atoms with Crippen LogP contribution in [0.3, 0.4) is 0 Å². The molecule has 0 amide bonds. The van der Waals surface area contributed by atoms with E-state index in [9.17, 15) is 0 Å². The molecule has 0 saturated carbocycles. The maximum absolute atomic E-state index is 2.64. The lowest BCUT2D eigenvalue weighted by atomic mass is 9.70. The molecule has 0 heterocycles. The van der Waals surface area contributed by atoms with Crippen LogP contribution in [0.25, 0.3) is 77.9 Å². The first-order valence-electron chi connectivity index (χ1n) is 30.3. The van der Waals surface area contributed by atoms with Crippen molar-refractivity contribution in [2.75, 3.05) is 0 Å². The van der Waals surface area contributed by atoms with Crippen molar-refractivity contribution in [3.63, 3.8) is 0 Å². The smallest absolute Gasteiger partial charge is 0.0215 e. The van der Waals surface area contributed by atoms with Crippen LogP contribution >= 0.6 is 0 Å². The van der Waals surface area contributed by atoms with E-state index in [0.717, 1.165) is 51.4 Å². The Bertz CT molecular complexity index is 3240. The van der Waals surface area contributed by atoms with Crippen molar-refractivity contribution >= 4 is 0 Å². The number of hydrogen-bond donors (Lipinski definition) is 0. The summed E-state index contributed by atoms with van der Waals surface area (Å²) in [4.78, 5) is 0. The zero-order chi connectivity index (χ0) is 52.4. The molecular formula is C76H82. The van der Waals surface area contributed by atoms with Crippen molar-refractivity contribution in [3.05, 3.63) is 202 Å². The fraction of sp³-hybridized carbons (Fsp3) is 0.368. The topological polar surface area (TPSA) is 0 Å². The first-order valence-corrected chi connectivity index (χ1v) is 30.3. The summed E-state index contributed by atoms with van der Waals surface area (Å²) in [5.74, 6) is 0. The lowest BCUT2D eigenvalue weighted by Gasteiger charge is -2.33. The van der Waals surface area contributed by atoms with Crippen LogP contribution in [0.2, 0.25) is 0 Å². The van der Waals surface area contributed by atoms with E-state index in [1.807, 2.05) is 0 Å². The maximum Gasteiger partial charge on any atom is 0.0215 e. The second kappa shape index (κ2) is 20.0. The van der Waals surface area contributed by atoms with E-state index >= 15 is 0 Å². The van der Waals surface area contributed by atoms with Gasteiger partial charge in [0.15, 0.2) is 0 Å². The van der Waals surface area contributed by atoms with Gasteiger partial charge in [0.1, 0.15) is 0 Å². The number of hydrogen-bond acceptors (Lipinski definition) is 0. The molecule has 0 nitrogen and oxygen atoms in total. The molecule has 4 aliphatic carbocycles. The zero-order valence-corrected chi connectivity index (χ0v) is 47.3. The molecule has 0 aliphatic heterocycles. The molecule has 0 heteroatoms. The third-order valence-electron chi connectivity index (χ3n) is 19.7. The molecule has 0 N–H and O–H groups in total. The Balaban J connectivity index is 0.928. The van der Waals surface area contributed by atoms with E-state index in [1.165, 1.54) is 163 Å². The van der Waals surface area contributed by atoms with E-state index < -0.39 is 0 Å². The molecular weight excluding hydrogens is 913 g/mol. The molecule has 0 spiro atoms. The highest BCUT2D eigenvalue weighted by atomic mass is 14.5. The van der Waals surface area contributed by atoms with E-state index in [1.54, 1.807) is 11.1 Å². The summed E-state index contributed by atoms with van der Waals surface area (Å²) >= 11 is 0. The predicted molar refractivity (Wildman–Crippen MR) is 327 cm³/mol. The predicted octanol–water partition coefficient (Wildman–Crippen LogP) is 22.2. The second-order valence-electron chi connectivity index (χ2n) is 24.0. The highest BCUT2D eigenvalue weighted by Crippen LogP contribution is 2.60. The summed E-state index contributed by atoms with van der Waals surface area (Å²) in [7, 11) is 0. The van der Waals surface area contributed by atoms with Crippen LogP contribution in [0.1, 0.15) is 203 Å². The van der Waals surface area contributed by atoms with Crippen LogP contribution in [-0.2, 0) is 21.7 Å². The first-order chi connectivity index (χ1) is 37.2. The van der Waals surface area contributed by atoms with Crippen molar-refractivity contribution in [1.82, 2.24) is 0 Å². The Labute approximate surface area is 457 Å². The van der Waals surface area contributed by atoms with Gasteiger partial charge in [-0.2, -0.15) is 0 Å². The second-order valence-corrected chi connectivity index (χ2v) is 24.0. The standard InChI is InChI=1S/C76H82/c1-9-37-73(38-10-2)65-23-19-17-21-57(65)59-31-25-51(45-67(59)73)53-27-33-61-63-35-29-55(49-71(63)75(41-13-5,42-14-6)69(61)47-53)56-30-36-64-62-34-28-54(48-70(62)76(43-15-7,44-16-8)72(64)50-56)52-26-32-60-58-22-18-20-24-66(58)74(39-11-3,40-12-4)68(60)46-52/h17-36,45-50H,9-16,37-44H2,1-8H3. The van der Waals surface area contributed by atoms with Crippen LogP contribution < -0.4 is 0 Å². The van der Waals surface area contributed by atoms with Gasteiger partial charge in [0.05, 0.1) is 0 Å². The summed E-state index contributed by atoms with van der Waals surface area (Å²) in [6.45, 7) is 19.1. The summed E-state index contributed by atoms with van der Waals surface area (Å²) in [5, 5.41) is 0. The molecule has 0 bridgehead atoms. The maximum atomic E-state index is 2.64. The lowest BCUT2D eigenvalue weighted by molar-refractivity contribution is 0.435. The molecule has 0 aromatic heterocycles. The minimum absolute atomic E-state index is 0.0358. The first kappa shape index (κ1) is 50.6. The Morgan fingerprint density at radius 3 is 0.566 bits per heavy atom. The number of rotatable bonds is 19. The van der Waals surface area contributed by atoms with Crippen molar-refractivity contribution in [2.24, 2.45) is 0 Å². The quantitative estimate of drug-likeness (QED) is 0.0757. The van der Waals surface area contributed by atoms with Crippen LogP contribution in [0.15, 0.2) is 158 Å². The highest BCUT2D eigenvalue weighted by molar-refractivity contribution is 5.91. The summed E-state index contributed by atoms with van der Waals surface area (Å²) in [6, 6.07) is 63.9. The fourth-order valence-electron chi connectivity index (χ4n) is 17.0. The Morgan fingerprint density at radius 1 is 0.197 bits per heavy atom. The molecule has 0 saturated heterocycles. The molecule has 12 rings (SSSR count). The SMILES string of the molecule is CCCC1(CCC)c2ccccc2-c2ccc(-c3ccc4c(c3)C(CCC)(CCC)c3cc(-c5ccc6c(c5)C(CCC)(CCC)c5cc(-c7ccc8c(c7)C(CCC)(CCC)c7ccccc7-8)ccc5-6)ccc3-4)cc21. The Kier molecular flexibility index (Phi) is 13.3. The normalized spacial score (nSPS) is 15.8. The molecule has 4 aliphatic rings. The van der Waals surface area contributed by atoms with Gasteiger partial charge < -0.3 is 0 Å². The van der Waals surface area contributed by atoms with Crippen molar-refractivity contribution in [3.8, 4) is 77.9 Å². The van der Waals surface area contributed by atoms with Gasteiger partial charge in [0, 0.05) is 21.7 Å². The van der Waals surface area contributed by atoms with Crippen LogP contribution in [0, 0.1) is 0 Å². The van der Waals surface area contributed by atoms with E-state index in [-0.39, 0.29) is 21.7 Å². The molecule has 0 unspecified atom stereocenters. The van der Waals surface area contributed by atoms with Crippen molar-refractivity contribution in [1.29, 1.82) is 0 Å². The van der Waals surface area contributed by atoms with E-state index in [4.69, 9.17) is 0 Å². The van der Waals surface area contributed by atoms with Gasteiger partial charge in [-0.25, -0.2) is 0 Å². The van der Waals surface area contributed by atoms with Gasteiger partial charge in [-0.1, -0.05) is 228 Å². The molecule has 8 aromatic rings. The monoisotopic (exact) mass is 995 g/mol. The molecule has 8 aromatic carbocycles. The van der Waals surface area contributed by atoms with Gasteiger partial charge in [0.2, 0.25) is 0 Å². The fourth-order valence-corrected chi connectivity index (χ4v) is 17.0. The van der Waals surface area contributed by atoms with Gasteiger partial charge in [-0.15, -0.1) is 0 Å². The molecule has 0 radical (unpaired) electrons. The van der Waals surface area contributed by atoms with Crippen LogP contribution in [-0.4, -0.2) is 0 Å². The third-order valence-corrected chi connectivity index (χ3v) is 19.7. The molecule has 76 heavy (non-hydrogen) atoms. The van der Waals surface area contributed by atoms with Crippen LogP contribution in [0.5, 0.6) is 0 Å². The van der Waals surface area contributed by atoms with E-state index in [0.29, 0.717) is 0 Å². The van der Waals surface area contributed by atoms with Gasteiger partial charge in [0.25, 0.3) is 0 Å². The summed E-state index contributed by atoms with van der Waals surface area (Å²) in [6.07, 6.45) is 18.6. The average molecular weight is 995 g/mol. The third kappa shape index (κ3) is 7.42. The largest absolute Gasteiger partial charge is 0.0653 e. The lowest BCUT2D eigenvalue weighted by Crippen LogP contribution is -2.25. The summed E-state index contributed by atoms with van der Waals surface area (Å²) in [5.41, 5.74) is 32.1. The van der Waals surface area contributed by atoms with Crippen LogP contribution in [0.4, 0.5) is 0 Å². The number of fused-ring (bicyclic) bond motifs is 12. The molecule has 0 fully saturated rings. The Morgan fingerprint density at radius 2 is 0.368 bits per heavy atom. The molecule has 0 atom stereocenters. The van der Waals surface area contributed by atoms with Crippen molar-refractivity contribution in [2.45, 2.75) is 180 Å². The zero-order valence-electron chi connectivity index (χ0n) is 47.3. The summed E-state index contributed by atoms with van der Waals surface area (Å²) < 4.78 is 0. The Hall–Kier alpha value is -6.24. The van der Waals surface area contributed by atoms with Gasteiger partial charge in [-0.3, -0.25) is 0 Å². The number of benzene rings is 8. The average Bonchev–Trinajstić information content (AvgIpc) is 4.28. The minimum Gasteiger partial charge on any atom is -0.0653 e. The van der Waals surface area contributed by atoms with Gasteiger partial charge >= 0.3 is 0 Å². The molecule has 386 valence electrons. The minimum atomic E-state index is -0.0358. The van der Waals surface area contributed by atoms with E-state index in [2.05, 4.69) is 213 Å².